The van der Waals surface area contributed by atoms with Crippen molar-refractivity contribution in [3.63, 3.8) is 0 Å². The molecule has 0 aliphatic carbocycles. The van der Waals surface area contributed by atoms with E-state index in [0.29, 0.717) is 13.1 Å². The van der Waals surface area contributed by atoms with Crippen LogP contribution in [0.3, 0.4) is 0 Å². The molecule has 2 heterocycles. The quantitative estimate of drug-likeness (QED) is 0.377. The number of nitrogens with zero attached hydrogens (tertiary/aromatic N) is 5. The van der Waals surface area contributed by atoms with Gasteiger partial charge in [-0.25, -0.2) is 15.2 Å². The Morgan fingerprint density at radius 1 is 1.44 bits per heavy atom. The predicted octanol–water partition coefficient (Wildman–Crippen LogP) is -0.00500. The second-order valence-electron chi connectivity index (χ2n) is 3.48. The van der Waals surface area contributed by atoms with Crippen molar-refractivity contribution in [3.05, 3.63) is 24.4 Å². The molecule has 9 heteroatoms. The minimum absolute atomic E-state index is 0.122. The Hall–Kier alpha value is -2.29. The van der Waals surface area contributed by atoms with E-state index in [0.717, 1.165) is 12.6 Å². The molecule has 2 aromatic heterocycles. The van der Waals surface area contributed by atoms with Crippen LogP contribution in [0.5, 0.6) is 0 Å². The molecule has 2 aromatic rings. The summed E-state index contributed by atoms with van der Waals surface area (Å²) in [6.45, 7) is 1.25. The average Bonchev–Trinajstić information content (AvgIpc) is 2.89. The van der Waals surface area contributed by atoms with Crippen LogP contribution in [-0.4, -0.2) is 31.5 Å². The van der Waals surface area contributed by atoms with E-state index in [1.165, 1.54) is 0 Å². The molecule has 0 aliphatic rings. The zero-order valence-corrected chi connectivity index (χ0v) is 9.54. The third kappa shape index (κ3) is 3.10. The molecule has 0 aromatic carbocycles. The predicted molar refractivity (Wildman–Crippen MR) is 62.9 cm³/mol. The Bertz CT molecular complexity index is 485. The molecule has 0 saturated carbocycles. The number of nitrogens with two attached hydrogens (primary N) is 1. The fourth-order valence-corrected chi connectivity index (χ4v) is 1.36. The molecule has 96 valence electrons. The highest BCUT2D eigenvalue weighted by atomic mass is 19.1. The average molecular weight is 252 g/mol. The van der Waals surface area contributed by atoms with Gasteiger partial charge in [0.15, 0.2) is 11.6 Å². The number of rotatable bonds is 6. The van der Waals surface area contributed by atoms with Crippen molar-refractivity contribution in [2.24, 2.45) is 5.84 Å². The number of aryl methyl sites for hydroxylation is 1. The van der Waals surface area contributed by atoms with Crippen LogP contribution < -0.4 is 16.6 Å². The summed E-state index contributed by atoms with van der Waals surface area (Å²) in [5.74, 6) is 4.91. The van der Waals surface area contributed by atoms with Gasteiger partial charge >= 0.3 is 0 Å². The number of anilines is 2. The van der Waals surface area contributed by atoms with Gasteiger partial charge in [-0.05, 0) is 6.42 Å². The van der Waals surface area contributed by atoms with Crippen LogP contribution in [0.25, 0.3) is 0 Å². The van der Waals surface area contributed by atoms with Crippen molar-refractivity contribution >= 4 is 11.8 Å². The van der Waals surface area contributed by atoms with Gasteiger partial charge in [-0.3, -0.25) is 10.1 Å². The fourth-order valence-electron chi connectivity index (χ4n) is 1.36. The van der Waals surface area contributed by atoms with Crippen LogP contribution in [0.4, 0.5) is 16.2 Å². The van der Waals surface area contributed by atoms with E-state index in [-0.39, 0.29) is 11.8 Å². The van der Waals surface area contributed by atoms with Crippen molar-refractivity contribution in [3.8, 4) is 0 Å². The maximum Gasteiger partial charge on any atom is 0.239 e. The van der Waals surface area contributed by atoms with Crippen LogP contribution in [0.2, 0.25) is 0 Å². The molecule has 2 rings (SSSR count). The summed E-state index contributed by atoms with van der Waals surface area (Å²) in [5.41, 5.74) is 2.26. The van der Waals surface area contributed by atoms with Gasteiger partial charge in [0.1, 0.15) is 0 Å². The van der Waals surface area contributed by atoms with E-state index in [9.17, 15) is 4.39 Å². The Balaban J connectivity index is 1.82. The summed E-state index contributed by atoms with van der Waals surface area (Å²) in [4.78, 5) is 7.50. The van der Waals surface area contributed by atoms with Gasteiger partial charge in [0.05, 0.1) is 12.4 Å². The fraction of sp³-hybridized carbons (Fsp3) is 0.333. The van der Waals surface area contributed by atoms with Gasteiger partial charge in [-0.15, -0.1) is 5.10 Å². The summed E-state index contributed by atoms with van der Waals surface area (Å²) < 4.78 is 15.0. The number of aromatic nitrogens is 5. The van der Waals surface area contributed by atoms with Gasteiger partial charge < -0.3 is 5.32 Å². The van der Waals surface area contributed by atoms with E-state index in [4.69, 9.17) is 5.84 Å². The zero-order chi connectivity index (χ0) is 12.8. The van der Waals surface area contributed by atoms with E-state index >= 15 is 0 Å². The Labute approximate surface area is 102 Å². The van der Waals surface area contributed by atoms with Gasteiger partial charge in [0.25, 0.3) is 0 Å². The van der Waals surface area contributed by atoms with E-state index < -0.39 is 5.82 Å². The number of hydrogen-bond donors (Lipinski definition) is 3. The van der Waals surface area contributed by atoms with Gasteiger partial charge in [-0.2, -0.15) is 4.98 Å². The molecule has 0 unspecified atom stereocenters. The van der Waals surface area contributed by atoms with Crippen molar-refractivity contribution in [1.82, 2.24) is 25.0 Å². The zero-order valence-electron chi connectivity index (χ0n) is 9.54. The minimum atomic E-state index is -0.519. The molecule has 0 bridgehead atoms. The van der Waals surface area contributed by atoms with Crippen molar-refractivity contribution in [1.29, 1.82) is 0 Å². The van der Waals surface area contributed by atoms with Crippen molar-refractivity contribution in [2.75, 3.05) is 17.3 Å². The van der Waals surface area contributed by atoms with Gasteiger partial charge in [0.2, 0.25) is 5.95 Å². The lowest BCUT2D eigenvalue weighted by atomic mass is 10.4. The van der Waals surface area contributed by atoms with Crippen LogP contribution >= 0.6 is 0 Å². The Kier molecular flexibility index (Phi) is 3.97. The maximum absolute atomic E-state index is 13.3. The molecule has 0 amide bonds. The first kappa shape index (κ1) is 12.2. The van der Waals surface area contributed by atoms with Crippen LogP contribution in [0.15, 0.2) is 18.6 Å². The molecule has 0 fully saturated rings. The molecule has 8 nitrogen and oxygen atoms in total. The highest BCUT2D eigenvalue weighted by molar-refractivity contribution is 5.40. The van der Waals surface area contributed by atoms with Crippen molar-refractivity contribution < 1.29 is 4.39 Å². The van der Waals surface area contributed by atoms with Gasteiger partial charge in [-0.1, -0.05) is 5.21 Å². The highest BCUT2D eigenvalue weighted by Gasteiger charge is 2.05. The monoisotopic (exact) mass is 252 g/mol. The van der Waals surface area contributed by atoms with Crippen LogP contribution in [0.1, 0.15) is 6.42 Å². The molecular formula is C9H13FN8. The molecule has 0 radical (unpaired) electrons. The minimum Gasteiger partial charge on any atom is -0.367 e. The second kappa shape index (κ2) is 5.87. The number of hydrogen-bond acceptors (Lipinski definition) is 7. The lowest BCUT2D eigenvalue weighted by molar-refractivity contribution is 0.567. The standard InChI is InChI=1S/C9H13FN8/c10-7-6-13-9(16-11)15-8(7)12-2-1-4-18-5-3-14-17-18/h3,5-6H,1-2,4,11H2,(H2,12,13,15,16). The SMILES string of the molecule is NNc1ncc(F)c(NCCCn2ccnn2)n1. The normalized spacial score (nSPS) is 10.3. The largest absolute Gasteiger partial charge is 0.367 e. The first-order chi connectivity index (χ1) is 8.79. The summed E-state index contributed by atoms with van der Waals surface area (Å²) >= 11 is 0. The highest BCUT2D eigenvalue weighted by Crippen LogP contribution is 2.10. The van der Waals surface area contributed by atoms with Crippen molar-refractivity contribution in [2.45, 2.75) is 13.0 Å². The van der Waals surface area contributed by atoms with E-state index in [2.05, 4.69) is 31.0 Å². The third-order valence-electron chi connectivity index (χ3n) is 2.20. The molecular weight excluding hydrogens is 239 g/mol. The molecule has 4 N–H and O–H groups in total. The lowest BCUT2D eigenvalue weighted by Gasteiger charge is -2.07. The maximum atomic E-state index is 13.3. The number of halogens is 1. The number of nitrogen functional groups attached to an aromatic ring is 1. The van der Waals surface area contributed by atoms with Crippen LogP contribution in [-0.2, 0) is 6.54 Å². The Morgan fingerprint density at radius 2 is 2.33 bits per heavy atom. The second-order valence-corrected chi connectivity index (χ2v) is 3.48. The van der Waals surface area contributed by atoms with E-state index in [1.807, 2.05) is 0 Å². The lowest BCUT2D eigenvalue weighted by Crippen LogP contribution is -2.14. The molecule has 18 heavy (non-hydrogen) atoms. The molecule has 0 aliphatic heterocycles. The summed E-state index contributed by atoms with van der Waals surface area (Å²) in [7, 11) is 0. The summed E-state index contributed by atoms with van der Waals surface area (Å²) in [6.07, 6.45) is 5.19. The summed E-state index contributed by atoms with van der Waals surface area (Å²) in [6, 6.07) is 0. The summed E-state index contributed by atoms with van der Waals surface area (Å²) in [5, 5.41) is 10.4. The number of nitrogens with one attached hydrogen (secondary N) is 2. The number of hydrazine groups is 1. The Morgan fingerprint density at radius 3 is 3.06 bits per heavy atom. The third-order valence-corrected chi connectivity index (χ3v) is 2.20. The molecule has 0 spiro atoms. The smallest absolute Gasteiger partial charge is 0.239 e. The molecule has 0 atom stereocenters. The first-order valence-electron chi connectivity index (χ1n) is 5.36. The van der Waals surface area contributed by atoms with Gasteiger partial charge in [0, 0.05) is 19.3 Å². The molecule has 0 saturated heterocycles. The topological polar surface area (TPSA) is 107 Å². The van der Waals surface area contributed by atoms with E-state index in [1.54, 1.807) is 17.1 Å². The first-order valence-corrected chi connectivity index (χ1v) is 5.36. The van der Waals surface area contributed by atoms with Crippen LogP contribution in [0, 0.1) is 5.82 Å².